The molecular weight excluding hydrogens is 547 g/mol. The molecule has 9 aromatic rings. The molecule has 0 unspecified atom stereocenters. The van der Waals surface area contributed by atoms with Crippen molar-refractivity contribution in [2.45, 2.75) is 0 Å². The fraction of sp³-hybridized carbons (Fsp3) is 0. The number of anilines is 3. The zero-order valence-corrected chi connectivity index (χ0v) is 23.6. The van der Waals surface area contributed by atoms with Crippen molar-refractivity contribution in [3.63, 3.8) is 0 Å². The molecule has 43 heavy (non-hydrogen) atoms. The number of thiophene rings is 1. The Balaban J connectivity index is 1.30. The first-order chi connectivity index (χ1) is 21.3. The smallest absolute Gasteiger partial charge is 0.235 e. The summed E-state index contributed by atoms with van der Waals surface area (Å²) in [6.07, 6.45) is 0. The lowest BCUT2D eigenvalue weighted by Crippen LogP contribution is -2.17. The highest BCUT2D eigenvalue weighted by Crippen LogP contribution is 2.51. The summed E-state index contributed by atoms with van der Waals surface area (Å²) in [5, 5.41) is 5.78. The SMILES string of the molecule is c1ccc2c(c1)-c1cccc3cccc(c13)N2c1nc(-c2ccc3c(c2)oc2ccccc23)c2sc3ccccc3c2n1. The predicted molar refractivity (Wildman–Crippen MR) is 179 cm³/mol. The summed E-state index contributed by atoms with van der Waals surface area (Å²) in [6.45, 7) is 0. The van der Waals surface area contributed by atoms with Crippen molar-refractivity contribution >= 4 is 81.7 Å². The van der Waals surface area contributed by atoms with Gasteiger partial charge < -0.3 is 4.42 Å². The molecule has 1 aliphatic rings. The highest BCUT2D eigenvalue weighted by atomic mass is 32.1. The summed E-state index contributed by atoms with van der Waals surface area (Å²) in [4.78, 5) is 13.0. The van der Waals surface area contributed by atoms with E-state index in [2.05, 4.69) is 120 Å². The van der Waals surface area contributed by atoms with Gasteiger partial charge in [-0.05, 0) is 47.3 Å². The third-order valence-electron chi connectivity index (χ3n) is 8.62. The fourth-order valence-corrected chi connectivity index (χ4v) is 7.88. The van der Waals surface area contributed by atoms with Crippen molar-refractivity contribution in [1.82, 2.24) is 9.97 Å². The van der Waals surface area contributed by atoms with Crippen LogP contribution in [-0.2, 0) is 0 Å². The summed E-state index contributed by atoms with van der Waals surface area (Å²) in [6, 6.07) is 44.7. The van der Waals surface area contributed by atoms with E-state index in [1.807, 2.05) is 12.1 Å². The molecule has 10 rings (SSSR count). The molecule has 0 amide bonds. The largest absolute Gasteiger partial charge is 0.456 e. The van der Waals surface area contributed by atoms with E-state index >= 15 is 0 Å². The Kier molecular flexibility index (Phi) is 4.57. The molecule has 6 aromatic carbocycles. The van der Waals surface area contributed by atoms with Crippen LogP contribution < -0.4 is 4.90 Å². The van der Waals surface area contributed by atoms with Crippen LogP contribution in [-0.4, -0.2) is 9.97 Å². The first kappa shape index (κ1) is 23.1. The number of furan rings is 1. The van der Waals surface area contributed by atoms with E-state index < -0.39 is 0 Å². The van der Waals surface area contributed by atoms with Gasteiger partial charge in [0.05, 0.1) is 27.3 Å². The van der Waals surface area contributed by atoms with Crippen LogP contribution in [0.25, 0.3) is 75.4 Å². The molecule has 0 bridgehead atoms. The van der Waals surface area contributed by atoms with Crippen LogP contribution in [0.1, 0.15) is 0 Å². The van der Waals surface area contributed by atoms with Gasteiger partial charge in [0.25, 0.3) is 0 Å². The number of rotatable bonds is 2. The van der Waals surface area contributed by atoms with Gasteiger partial charge in [-0.1, -0.05) is 91.0 Å². The minimum absolute atomic E-state index is 0.658. The van der Waals surface area contributed by atoms with E-state index in [-0.39, 0.29) is 0 Å². The van der Waals surface area contributed by atoms with Gasteiger partial charge in [0, 0.05) is 37.4 Å². The zero-order valence-electron chi connectivity index (χ0n) is 22.8. The van der Waals surface area contributed by atoms with E-state index in [9.17, 15) is 0 Å². The van der Waals surface area contributed by atoms with Crippen LogP contribution in [0, 0.1) is 0 Å². The van der Waals surface area contributed by atoms with Crippen molar-refractivity contribution in [3.8, 4) is 22.4 Å². The van der Waals surface area contributed by atoms with Gasteiger partial charge in [0.1, 0.15) is 11.2 Å². The molecule has 200 valence electrons. The maximum Gasteiger partial charge on any atom is 0.235 e. The van der Waals surface area contributed by atoms with E-state index in [1.165, 1.54) is 26.6 Å². The molecule has 0 radical (unpaired) electrons. The van der Waals surface area contributed by atoms with Crippen LogP contribution in [0.2, 0.25) is 0 Å². The quantitative estimate of drug-likeness (QED) is 0.208. The molecule has 0 spiro atoms. The number of fused-ring (bicyclic) bond motifs is 8. The van der Waals surface area contributed by atoms with Gasteiger partial charge in [-0.2, -0.15) is 0 Å². The van der Waals surface area contributed by atoms with Crippen LogP contribution in [0.4, 0.5) is 17.3 Å². The number of hydrogen-bond donors (Lipinski definition) is 0. The van der Waals surface area contributed by atoms with E-state index in [0.29, 0.717) is 5.95 Å². The lowest BCUT2D eigenvalue weighted by atomic mass is 9.91. The highest BCUT2D eigenvalue weighted by Gasteiger charge is 2.28. The van der Waals surface area contributed by atoms with Crippen LogP contribution >= 0.6 is 11.3 Å². The van der Waals surface area contributed by atoms with Crippen LogP contribution in [0.3, 0.4) is 0 Å². The third-order valence-corrected chi connectivity index (χ3v) is 9.79. The molecule has 0 aliphatic carbocycles. The van der Waals surface area contributed by atoms with Crippen molar-refractivity contribution in [3.05, 3.63) is 127 Å². The Morgan fingerprint density at radius 2 is 1.33 bits per heavy atom. The molecule has 3 aromatic heterocycles. The standard InChI is InChI=1S/C38H21N3OS/c1-4-15-29-24(11-1)27-14-7-9-22-10-8-16-30(34(22)27)41(29)38-39-35(37-36(40-38)28-13-3-6-18-33(28)43-37)23-19-20-26-25-12-2-5-17-31(25)42-32(26)21-23/h1-21H. The second-order valence-electron chi connectivity index (χ2n) is 11.0. The maximum atomic E-state index is 6.31. The van der Waals surface area contributed by atoms with E-state index in [0.717, 1.165) is 60.2 Å². The maximum absolute atomic E-state index is 6.31. The molecule has 0 atom stereocenters. The lowest BCUT2D eigenvalue weighted by molar-refractivity contribution is 0.669. The second kappa shape index (κ2) is 8.51. The van der Waals surface area contributed by atoms with Gasteiger partial charge in [0.2, 0.25) is 5.95 Å². The van der Waals surface area contributed by atoms with E-state index in [4.69, 9.17) is 14.4 Å². The van der Waals surface area contributed by atoms with Gasteiger partial charge >= 0.3 is 0 Å². The van der Waals surface area contributed by atoms with Gasteiger partial charge in [0.15, 0.2) is 0 Å². The number of nitrogens with zero attached hydrogens (tertiary/aromatic N) is 3. The molecular formula is C38H21N3OS. The minimum Gasteiger partial charge on any atom is -0.456 e. The Bertz CT molecular complexity index is 2590. The average Bonchev–Trinajstić information content (AvgIpc) is 3.63. The summed E-state index contributed by atoms with van der Waals surface area (Å²) in [7, 11) is 0. The Labute approximate surface area is 250 Å². The molecule has 4 heterocycles. The third kappa shape index (κ3) is 3.20. The zero-order chi connectivity index (χ0) is 28.1. The number of hydrogen-bond acceptors (Lipinski definition) is 5. The number of benzene rings is 6. The normalized spacial score (nSPS) is 12.6. The van der Waals surface area contributed by atoms with Crippen molar-refractivity contribution in [2.24, 2.45) is 0 Å². The Hall–Kier alpha value is -5.52. The fourth-order valence-electron chi connectivity index (χ4n) is 6.72. The molecule has 0 N–H and O–H groups in total. The molecule has 1 aliphatic heterocycles. The van der Waals surface area contributed by atoms with Crippen LogP contribution in [0.5, 0.6) is 0 Å². The summed E-state index contributed by atoms with van der Waals surface area (Å²) in [5.74, 6) is 0.658. The van der Waals surface area contributed by atoms with Crippen LogP contribution in [0.15, 0.2) is 132 Å². The Morgan fingerprint density at radius 3 is 2.28 bits per heavy atom. The number of aromatic nitrogens is 2. The van der Waals surface area contributed by atoms with Gasteiger partial charge in [-0.15, -0.1) is 11.3 Å². The first-order valence-electron chi connectivity index (χ1n) is 14.3. The molecule has 4 nitrogen and oxygen atoms in total. The monoisotopic (exact) mass is 567 g/mol. The molecule has 0 saturated carbocycles. The van der Waals surface area contributed by atoms with Gasteiger partial charge in [-0.3, -0.25) is 4.90 Å². The Morgan fingerprint density at radius 1 is 0.581 bits per heavy atom. The summed E-state index contributed by atoms with van der Waals surface area (Å²) in [5.41, 5.74) is 9.21. The van der Waals surface area contributed by atoms with E-state index in [1.54, 1.807) is 11.3 Å². The van der Waals surface area contributed by atoms with Crippen molar-refractivity contribution in [2.75, 3.05) is 4.90 Å². The lowest BCUT2D eigenvalue weighted by Gasteiger charge is -2.32. The summed E-state index contributed by atoms with van der Waals surface area (Å²) >= 11 is 1.74. The van der Waals surface area contributed by atoms with Gasteiger partial charge in [-0.25, -0.2) is 9.97 Å². The predicted octanol–water partition coefficient (Wildman–Crippen LogP) is 11.0. The van der Waals surface area contributed by atoms with Crippen molar-refractivity contribution < 1.29 is 4.42 Å². The molecule has 0 saturated heterocycles. The topological polar surface area (TPSA) is 42.2 Å². The summed E-state index contributed by atoms with van der Waals surface area (Å²) < 4.78 is 8.58. The average molecular weight is 568 g/mol. The first-order valence-corrected chi connectivity index (χ1v) is 15.2. The molecule has 0 fully saturated rings. The number of para-hydroxylation sites is 2. The van der Waals surface area contributed by atoms with Crippen molar-refractivity contribution in [1.29, 1.82) is 0 Å². The minimum atomic E-state index is 0.658. The highest BCUT2D eigenvalue weighted by molar-refractivity contribution is 7.26. The molecule has 5 heteroatoms. The second-order valence-corrected chi connectivity index (χ2v) is 12.0.